The molecule has 0 aliphatic heterocycles. The van der Waals surface area contributed by atoms with Gasteiger partial charge in [0.2, 0.25) is 0 Å². The number of anilines is 1. The Morgan fingerprint density at radius 1 is 0.667 bits per heavy atom. The predicted molar refractivity (Wildman–Crippen MR) is 101 cm³/mol. The molecule has 0 amide bonds. The molecule has 27 heavy (non-hydrogen) atoms. The second kappa shape index (κ2) is 8.30. The van der Waals surface area contributed by atoms with E-state index in [1.807, 2.05) is 12.1 Å². The molecular formula is C18H15N5O3S. The molecule has 1 N–H and O–H groups in total. The van der Waals surface area contributed by atoms with Crippen LogP contribution in [0.1, 0.15) is 0 Å². The minimum absolute atomic E-state index is 0.0133. The maximum absolute atomic E-state index is 11.7. The number of nitrogens with zero attached hydrogens (tertiary/aromatic N) is 5. The molecule has 0 aromatic heterocycles. The van der Waals surface area contributed by atoms with Crippen molar-refractivity contribution in [3.05, 3.63) is 84.9 Å². The van der Waals surface area contributed by atoms with Crippen molar-refractivity contribution in [2.75, 3.05) is 5.12 Å². The predicted octanol–water partition coefficient (Wildman–Crippen LogP) is 5.14. The van der Waals surface area contributed by atoms with Crippen LogP contribution < -0.4 is 5.12 Å². The molecule has 8 nitrogen and oxygen atoms in total. The van der Waals surface area contributed by atoms with E-state index in [4.69, 9.17) is 0 Å². The van der Waals surface area contributed by atoms with E-state index in [0.717, 1.165) is 5.12 Å². The molecule has 3 aromatic rings. The van der Waals surface area contributed by atoms with Gasteiger partial charge in [0, 0.05) is 0 Å². The van der Waals surface area contributed by atoms with E-state index < -0.39 is 10.1 Å². The summed E-state index contributed by atoms with van der Waals surface area (Å²) in [4.78, 5) is -0.357. The molecule has 0 saturated carbocycles. The zero-order valence-electron chi connectivity index (χ0n) is 14.0. The van der Waals surface area contributed by atoms with Crippen molar-refractivity contribution in [1.29, 1.82) is 0 Å². The Hall–Kier alpha value is -3.43. The second-order valence-electron chi connectivity index (χ2n) is 5.28. The highest BCUT2D eigenvalue weighted by molar-refractivity contribution is 7.86. The SMILES string of the molecule is O=S(=O)(O)c1ccccc1N(N=Nc1ccccc1)N=Nc1ccccc1. The smallest absolute Gasteiger partial charge is 0.282 e. The first-order chi connectivity index (χ1) is 13.0. The Morgan fingerprint density at radius 2 is 1.11 bits per heavy atom. The van der Waals surface area contributed by atoms with Gasteiger partial charge in [-0.2, -0.15) is 8.42 Å². The Balaban J connectivity index is 2.03. The van der Waals surface area contributed by atoms with Crippen LogP contribution in [0.2, 0.25) is 0 Å². The summed E-state index contributed by atoms with van der Waals surface area (Å²) < 4.78 is 32.9. The molecule has 0 saturated heterocycles. The molecule has 9 heteroatoms. The minimum atomic E-state index is -4.49. The summed E-state index contributed by atoms with van der Waals surface area (Å²) in [5.41, 5.74) is 1.10. The summed E-state index contributed by atoms with van der Waals surface area (Å²) >= 11 is 0. The van der Waals surface area contributed by atoms with Crippen LogP contribution in [0, 0.1) is 0 Å². The molecular weight excluding hydrogens is 366 g/mol. The fourth-order valence-electron chi connectivity index (χ4n) is 2.13. The molecule has 0 spiro atoms. The van der Waals surface area contributed by atoms with Crippen molar-refractivity contribution in [3.8, 4) is 0 Å². The van der Waals surface area contributed by atoms with E-state index in [1.165, 1.54) is 18.2 Å². The lowest BCUT2D eigenvalue weighted by atomic mass is 10.3. The molecule has 0 atom stereocenters. The molecule has 3 aromatic carbocycles. The summed E-state index contributed by atoms with van der Waals surface area (Å²) in [6.45, 7) is 0. The van der Waals surface area contributed by atoms with Gasteiger partial charge in [-0.05, 0) is 46.8 Å². The third-order valence-corrected chi connectivity index (χ3v) is 4.26. The monoisotopic (exact) mass is 381 g/mol. The van der Waals surface area contributed by atoms with Gasteiger partial charge in [-0.25, -0.2) is 0 Å². The number of hydrogen-bond donors (Lipinski definition) is 1. The molecule has 3 rings (SSSR count). The van der Waals surface area contributed by atoms with Crippen LogP contribution in [-0.4, -0.2) is 13.0 Å². The summed E-state index contributed by atoms with van der Waals surface area (Å²) in [5.74, 6) is 0. The van der Waals surface area contributed by atoms with Crippen molar-refractivity contribution in [1.82, 2.24) is 0 Å². The lowest BCUT2D eigenvalue weighted by Crippen LogP contribution is -2.11. The van der Waals surface area contributed by atoms with Gasteiger partial charge in [-0.1, -0.05) is 48.5 Å². The summed E-state index contributed by atoms with van der Waals surface area (Å²) in [7, 11) is -4.49. The zero-order chi connectivity index (χ0) is 19.1. The topological polar surface area (TPSA) is 107 Å². The van der Waals surface area contributed by atoms with E-state index >= 15 is 0 Å². The van der Waals surface area contributed by atoms with Crippen LogP contribution in [0.15, 0.2) is 110 Å². The van der Waals surface area contributed by atoms with E-state index in [2.05, 4.69) is 20.7 Å². The van der Waals surface area contributed by atoms with Gasteiger partial charge in [-0.15, -0.1) is 15.3 Å². The van der Waals surface area contributed by atoms with Crippen LogP contribution in [0.4, 0.5) is 17.1 Å². The van der Waals surface area contributed by atoms with Crippen LogP contribution in [0.3, 0.4) is 0 Å². The quantitative estimate of drug-likeness (QED) is 0.362. The van der Waals surface area contributed by atoms with Crippen molar-refractivity contribution < 1.29 is 13.0 Å². The lowest BCUT2D eigenvalue weighted by molar-refractivity contribution is 0.483. The molecule has 0 unspecified atom stereocenters. The average molecular weight is 381 g/mol. The van der Waals surface area contributed by atoms with Crippen molar-refractivity contribution >= 4 is 27.2 Å². The Morgan fingerprint density at radius 3 is 1.59 bits per heavy atom. The van der Waals surface area contributed by atoms with E-state index in [0.29, 0.717) is 11.4 Å². The number of rotatable bonds is 6. The van der Waals surface area contributed by atoms with E-state index in [1.54, 1.807) is 54.6 Å². The molecule has 0 fully saturated rings. The van der Waals surface area contributed by atoms with Gasteiger partial charge in [0.1, 0.15) is 10.6 Å². The van der Waals surface area contributed by atoms with Crippen LogP contribution in [-0.2, 0) is 10.1 Å². The highest BCUT2D eigenvalue weighted by atomic mass is 32.2. The first-order valence-electron chi connectivity index (χ1n) is 7.84. The zero-order valence-corrected chi connectivity index (χ0v) is 14.8. The highest BCUT2D eigenvalue weighted by Crippen LogP contribution is 2.27. The first kappa shape index (κ1) is 18.4. The maximum Gasteiger partial charge on any atom is 0.296 e. The number of para-hydroxylation sites is 1. The van der Waals surface area contributed by atoms with Crippen molar-refractivity contribution in [2.24, 2.45) is 20.7 Å². The second-order valence-corrected chi connectivity index (χ2v) is 6.67. The summed E-state index contributed by atoms with van der Waals surface area (Å²) in [6, 6.07) is 23.5. The average Bonchev–Trinajstić information content (AvgIpc) is 2.69. The molecule has 0 aliphatic carbocycles. The van der Waals surface area contributed by atoms with Crippen LogP contribution in [0.5, 0.6) is 0 Å². The molecule has 0 heterocycles. The van der Waals surface area contributed by atoms with Crippen LogP contribution >= 0.6 is 0 Å². The molecule has 0 radical (unpaired) electrons. The standard InChI is InChI=1S/C18H15N5O3S/c24-27(25,26)18-14-8-7-13-17(18)23(21-19-15-9-3-1-4-10-15)22-20-16-11-5-2-6-12-16/h1-14H,(H,24,25,26). The normalized spacial score (nSPS) is 11.9. The Kier molecular flexibility index (Phi) is 5.64. The fourth-order valence-corrected chi connectivity index (χ4v) is 2.80. The molecule has 0 bridgehead atoms. The first-order valence-corrected chi connectivity index (χ1v) is 9.28. The Labute approximate surface area is 156 Å². The summed E-state index contributed by atoms with van der Waals surface area (Å²) in [5, 5.41) is 17.0. The lowest BCUT2D eigenvalue weighted by Gasteiger charge is -2.13. The number of benzene rings is 3. The Bertz CT molecular complexity index is 1010. The fraction of sp³-hybridized carbons (Fsp3) is 0. The van der Waals surface area contributed by atoms with Gasteiger partial charge in [0.25, 0.3) is 10.1 Å². The van der Waals surface area contributed by atoms with Gasteiger partial charge < -0.3 is 0 Å². The van der Waals surface area contributed by atoms with E-state index in [9.17, 15) is 13.0 Å². The van der Waals surface area contributed by atoms with Crippen LogP contribution in [0.25, 0.3) is 0 Å². The van der Waals surface area contributed by atoms with Gasteiger partial charge in [-0.3, -0.25) is 4.55 Å². The van der Waals surface area contributed by atoms with Gasteiger partial charge in [0.05, 0.1) is 11.4 Å². The van der Waals surface area contributed by atoms with E-state index in [-0.39, 0.29) is 10.6 Å². The third-order valence-electron chi connectivity index (χ3n) is 3.36. The highest BCUT2D eigenvalue weighted by Gasteiger charge is 2.20. The van der Waals surface area contributed by atoms with Crippen molar-refractivity contribution in [3.63, 3.8) is 0 Å². The largest absolute Gasteiger partial charge is 0.296 e. The molecule has 136 valence electrons. The molecule has 0 aliphatic rings. The van der Waals surface area contributed by atoms with Crippen molar-refractivity contribution in [2.45, 2.75) is 4.90 Å². The van der Waals surface area contributed by atoms with Gasteiger partial charge in [0.15, 0.2) is 0 Å². The summed E-state index contributed by atoms with van der Waals surface area (Å²) in [6.07, 6.45) is 0. The van der Waals surface area contributed by atoms with Gasteiger partial charge >= 0.3 is 0 Å². The third kappa shape index (κ3) is 5.03. The maximum atomic E-state index is 11.7. The number of hydrogen-bond acceptors (Lipinski definition) is 6. The minimum Gasteiger partial charge on any atom is -0.282 e.